The van der Waals surface area contributed by atoms with Gasteiger partial charge in [-0.25, -0.2) is 0 Å². The Kier molecular flexibility index (Phi) is 4.88. The van der Waals surface area contributed by atoms with Gasteiger partial charge in [0.05, 0.1) is 17.2 Å². The molecule has 1 spiro atoms. The molecule has 2 amide bonds. The molecule has 3 fully saturated rings. The maximum atomic E-state index is 12.3. The van der Waals surface area contributed by atoms with Crippen molar-refractivity contribution < 1.29 is 19.1 Å². The number of carbonyl (C=O) groups excluding carboxylic acids is 2. The maximum absolute atomic E-state index is 12.3. The average Bonchev–Trinajstić information content (AvgIpc) is 2.73. The molecule has 2 N–H and O–H groups in total. The Morgan fingerprint density at radius 2 is 1.72 bits per heavy atom. The van der Waals surface area contributed by atoms with Gasteiger partial charge < -0.3 is 20.1 Å². The van der Waals surface area contributed by atoms with Crippen LogP contribution in [0.15, 0.2) is 0 Å². The Morgan fingerprint density at radius 3 is 2.24 bits per heavy atom. The summed E-state index contributed by atoms with van der Waals surface area (Å²) >= 11 is 0. The first-order valence-corrected chi connectivity index (χ1v) is 9.50. The molecule has 1 saturated carbocycles. The zero-order valence-corrected chi connectivity index (χ0v) is 15.9. The highest BCUT2D eigenvalue weighted by molar-refractivity contribution is 6.35. The summed E-state index contributed by atoms with van der Waals surface area (Å²) in [6.45, 7) is 10.1. The highest BCUT2D eigenvalue weighted by atomic mass is 16.5. The van der Waals surface area contributed by atoms with Crippen LogP contribution in [-0.4, -0.2) is 48.8 Å². The normalized spacial score (nSPS) is 32.0. The van der Waals surface area contributed by atoms with E-state index in [9.17, 15) is 9.59 Å². The summed E-state index contributed by atoms with van der Waals surface area (Å²) in [7, 11) is 0. The van der Waals surface area contributed by atoms with Gasteiger partial charge in [-0.3, -0.25) is 9.59 Å². The fourth-order valence-electron chi connectivity index (χ4n) is 4.82. The highest BCUT2D eigenvalue weighted by Gasteiger charge is 2.48. The van der Waals surface area contributed by atoms with E-state index in [0.717, 1.165) is 32.5 Å². The van der Waals surface area contributed by atoms with Gasteiger partial charge in [-0.15, -0.1) is 0 Å². The van der Waals surface area contributed by atoms with Gasteiger partial charge in [-0.05, 0) is 71.1 Å². The number of carbonyl (C=O) groups is 2. The summed E-state index contributed by atoms with van der Waals surface area (Å²) in [6, 6.07) is -0.161. The lowest BCUT2D eigenvalue weighted by Crippen LogP contribution is -2.53. The van der Waals surface area contributed by atoms with E-state index in [1.165, 1.54) is 6.42 Å². The van der Waals surface area contributed by atoms with E-state index in [4.69, 9.17) is 9.47 Å². The molecule has 1 aliphatic carbocycles. The van der Waals surface area contributed by atoms with Gasteiger partial charge in [-0.2, -0.15) is 0 Å². The minimum atomic E-state index is -0.556. The number of amides is 2. The molecule has 3 rings (SSSR count). The van der Waals surface area contributed by atoms with Crippen LogP contribution in [0.3, 0.4) is 0 Å². The van der Waals surface area contributed by atoms with Crippen LogP contribution in [0.4, 0.5) is 0 Å². The quantitative estimate of drug-likeness (QED) is 0.759. The summed E-state index contributed by atoms with van der Waals surface area (Å²) in [5.41, 5.74) is -0.438. The Labute approximate surface area is 150 Å². The van der Waals surface area contributed by atoms with Gasteiger partial charge in [0.1, 0.15) is 0 Å². The van der Waals surface area contributed by atoms with E-state index in [-0.39, 0.29) is 11.6 Å². The van der Waals surface area contributed by atoms with E-state index in [2.05, 4.69) is 10.6 Å². The van der Waals surface area contributed by atoms with Crippen molar-refractivity contribution in [3.8, 4) is 0 Å². The Hall–Kier alpha value is -1.14. The monoisotopic (exact) mass is 352 g/mol. The Morgan fingerprint density at radius 1 is 1.04 bits per heavy atom. The molecular formula is C19H32N2O4. The van der Waals surface area contributed by atoms with Crippen LogP contribution in [0, 0.1) is 11.3 Å². The first-order chi connectivity index (χ1) is 11.6. The smallest absolute Gasteiger partial charge is 0.309 e. The van der Waals surface area contributed by atoms with Crippen LogP contribution in [0.25, 0.3) is 0 Å². The second kappa shape index (κ2) is 6.54. The molecule has 6 nitrogen and oxygen atoms in total. The molecule has 3 aliphatic rings. The zero-order chi connectivity index (χ0) is 18.3. The van der Waals surface area contributed by atoms with Crippen molar-refractivity contribution in [1.82, 2.24) is 10.6 Å². The van der Waals surface area contributed by atoms with Crippen LogP contribution in [0.1, 0.15) is 59.8 Å². The fraction of sp³-hybridized carbons (Fsp3) is 0.895. The second-order valence-electron chi connectivity index (χ2n) is 9.12. The van der Waals surface area contributed by atoms with Crippen LogP contribution >= 0.6 is 0 Å². The predicted octanol–water partition coefficient (Wildman–Crippen LogP) is 1.77. The number of nitrogens with one attached hydrogen (secondary N) is 2. The third-order valence-corrected chi connectivity index (χ3v) is 6.44. The molecule has 0 radical (unpaired) electrons. The van der Waals surface area contributed by atoms with Gasteiger partial charge in [0.2, 0.25) is 0 Å². The molecule has 2 aliphatic heterocycles. The molecular weight excluding hydrogens is 320 g/mol. The standard InChI is InChI=1S/C19H32N2O4/c1-17(2)11-14(18(3,4)25-17)21-16(23)15(22)20-12-13-5-6-19(13)7-9-24-10-8-19/h13-14H,5-12H2,1-4H3,(H,20,22)(H,21,23). The van der Waals surface area contributed by atoms with Crippen LogP contribution < -0.4 is 10.6 Å². The molecule has 6 heteroatoms. The van der Waals surface area contributed by atoms with E-state index >= 15 is 0 Å². The molecule has 142 valence electrons. The van der Waals surface area contributed by atoms with Crippen molar-refractivity contribution in [2.45, 2.75) is 77.0 Å². The lowest BCUT2D eigenvalue weighted by atomic mass is 9.56. The van der Waals surface area contributed by atoms with E-state index in [1.54, 1.807) is 0 Å². The molecule has 0 bridgehead atoms. The Balaban J connectivity index is 1.48. The molecule has 2 unspecified atom stereocenters. The van der Waals surface area contributed by atoms with Crippen molar-refractivity contribution in [2.24, 2.45) is 11.3 Å². The van der Waals surface area contributed by atoms with Gasteiger partial charge in [0, 0.05) is 19.8 Å². The average molecular weight is 352 g/mol. The van der Waals surface area contributed by atoms with Gasteiger partial charge in [-0.1, -0.05) is 0 Å². The molecule has 0 aromatic carbocycles. The van der Waals surface area contributed by atoms with Crippen molar-refractivity contribution >= 4 is 11.8 Å². The second-order valence-corrected chi connectivity index (χ2v) is 9.12. The molecule has 2 saturated heterocycles. The molecule has 0 aromatic rings. The van der Waals surface area contributed by atoms with E-state index in [1.807, 2.05) is 27.7 Å². The molecule has 0 aromatic heterocycles. The third-order valence-electron chi connectivity index (χ3n) is 6.44. The molecule has 25 heavy (non-hydrogen) atoms. The lowest BCUT2D eigenvalue weighted by molar-refractivity contribution is -0.141. The highest BCUT2D eigenvalue weighted by Crippen LogP contribution is 2.53. The predicted molar refractivity (Wildman–Crippen MR) is 94.0 cm³/mol. The first kappa shape index (κ1) is 18.6. The number of hydrogen-bond acceptors (Lipinski definition) is 4. The maximum Gasteiger partial charge on any atom is 0.309 e. The largest absolute Gasteiger partial charge is 0.381 e. The fourth-order valence-corrected chi connectivity index (χ4v) is 4.82. The summed E-state index contributed by atoms with van der Waals surface area (Å²) in [6.07, 6.45) is 5.18. The number of ether oxygens (including phenoxy) is 2. The van der Waals surface area contributed by atoms with Crippen molar-refractivity contribution in [3.63, 3.8) is 0 Å². The van der Waals surface area contributed by atoms with Crippen LogP contribution in [-0.2, 0) is 19.1 Å². The molecule has 2 heterocycles. The summed E-state index contributed by atoms with van der Waals surface area (Å²) < 4.78 is 11.4. The van der Waals surface area contributed by atoms with Gasteiger partial charge in [0.25, 0.3) is 0 Å². The first-order valence-electron chi connectivity index (χ1n) is 9.50. The summed E-state index contributed by atoms with van der Waals surface area (Å²) in [5.74, 6) is -0.618. The van der Waals surface area contributed by atoms with Gasteiger partial charge in [0.15, 0.2) is 0 Å². The third kappa shape index (κ3) is 3.85. The van der Waals surface area contributed by atoms with E-state index < -0.39 is 17.4 Å². The summed E-state index contributed by atoms with van der Waals surface area (Å²) in [5, 5.41) is 5.70. The number of rotatable bonds is 3. The summed E-state index contributed by atoms with van der Waals surface area (Å²) in [4.78, 5) is 24.5. The van der Waals surface area contributed by atoms with Crippen LogP contribution in [0.5, 0.6) is 0 Å². The van der Waals surface area contributed by atoms with Crippen LogP contribution in [0.2, 0.25) is 0 Å². The lowest BCUT2D eigenvalue weighted by Gasteiger charge is -2.52. The minimum absolute atomic E-state index is 0.161. The topological polar surface area (TPSA) is 76.7 Å². The van der Waals surface area contributed by atoms with Crippen molar-refractivity contribution in [1.29, 1.82) is 0 Å². The van der Waals surface area contributed by atoms with Crippen molar-refractivity contribution in [3.05, 3.63) is 0 Å². The molecule has 2 atom stereocenters. The van der Waals surface area contributed by atoms with Gasteiger partial charge >= 0.3 is 11.8 Å². The number of hydrogen-bond donors (Lipinski definition) is 2. The van der Waals surface area contributed by atoms with E-state index in [0.29, 0.717) is 24.3 Å². The SMILES string of the molecule is CC1(C)CC(NC(=O)C(=O)NCC2CCC23CCOCC3)C(C)(C)O1. The van der Waals surface area contributed by atoms with Crippen molar-refractivity contribution in [2.75, 3.05) is 19.8 Å². The zero-order valence-electron chi connectivity index (χ0n) is 15.9. The minimum Gasteiger partial charge on any atom is -0.381 e. The Bertz CT molecular complexity index is 538.